The lowest BCUT2D eigenvalue weighted by Crippen LogP contribution is -2.46. The van der Waals surface area contributed by atoms with E-state index in [4.69, 9.17) is 0 Å². The second-order valence-electron chi connectivity index (χ2n) is 5.16. The van der Waals surface area contributed by atoms with Crippen molar-refractivity contribution in [2.24, 2.45) is 0 Å². The van der Waals surface area contributed by atoms with Gasteiger partial charge in [-0.05, 0) is 19.4 Å². The number of nitrogens with one attached hydrogen (secondary N) is 1. The van der Waals surface area contributed by atoms with Gasteiger partial charge in [0.25, 0.3) is 11.6 Å². The molecular weight excluding hydrogens is 284 g/mol. The van der Waals surface area contributed by atoms with Crippen molar-refractivity contribution in [3.05, 3.63) is 39.9 Å². The number of hydrogen-bond acceptors (Lipinski definition) is 5. The molecule has 1 amide bonds. The highest BCUT2D eigenvalue weighted by Crippen LogP contribution is 2.23. The first kappa shape index (κ1) is 14.4. The summed E-state index contributed by atoms with van der Waals surface area (Å²) in [4.78, 5) is 22.1. The van der Waals surface area contributed by atoms with Gasteiger partial charge in [0.1, 0.15) is 0 Å². The molecule has 0 spiro atoms. The van der Waals surface area contributed by atoms with Crippen LogP contribution < -0.4 is 5.32 Å². The van der Waals surface area contributed by atoms with Crippen LogP contribution in [0.1, 0.15) is 23.7 Å². The lowest BCUT2D eigenvalue weighted by Gasteiger charge is -2.23. The number of carbonyl (C=O) groups excluding carboxylic acids is 1. The Morgan fingerprint density at radius 2 is 2.15 bits per heavy atom. The average Bonchev–Trinajstić information content (AvgIpc) is 2.63. The minimum atomic E-state index is -3.13. The molecule has 1 aromatic rings. The molecule has 1 aliphatic heterocycles. The zero-order valence-corrected chi connectivity index (χ0v) is 11.6. The fourth-order valence-electron chi connectivity index (χ4n) is 2.22. The minimum absolute atomic E-state index is 0.0404. The van der Waals surface area contributed by atoms with Gasteiger partial charge in [-0.3, -0.25) is 14.9 Å². The molecule has 0 aromatic heterocycles. The molecule has 1 saturated heterocycles. The number of hydrogen-bond donors (Lipinski definition) is 1. The SMILES string of the molecule is CC1(NC(=O)c2cccc([N+](=O)[O-])c2)CCS(=O)(=O)C1. The van der Waals surface area contributed by atoms with E-state index in [1.54, 1.807) is 6.92 Å². The Labute approximate surface area is 116 Å². The van der Waals surface area contributed by atoms with E-state index in [1.807, 2.05) is 0 Å². The van der Waals surface area contributed by atoms with Crippen molar-refractivity contribution in [2.75, 3.05) is 11.5 Å². The number of benzene rings is 1. The first-order chi connectivity index (χ1) is 9.21. The molecule has 1 aromatic carbocycles. The second kappa shape index (κ2) is 4.86. The van der Waals surface area contributed by atoms with Gasteiger partial charge >= 0.3 is 0 Å². The van der Waals surface area contributed by atoms with Crippen LogP contribution in [0, 0.1) is 10.1 Å². The normalized spacial score (nSPS) is 24.2. The highest BCUT2D eigenvalue weighted by molar-refractivity contribution is 7.91. The van der Waals surface area contributed by atoms with Gasteiger partial charge in [0.05, 0.1) is 22.0 Å². The number of amides is 1. The maximum Gasteiger partial charge on any atom is 0.270 e. The average molecular weight is 298 g/mol. The first-order valence-electron chi connectivity index (χ1n) is 5.98. The number of rotatable bonds is 3. The van der Waals surface area contributed by atoms with Gasteiger partial charge in [-0.15, -0.1) is 0 Å². The van der Waals surface area contributed by atoms with Crippen LogP contribution in [0.2, 0.25) is 0 Å². The smallest absolute Gasteiger partial charge is 0.270 e. The lowest BCUT2D eigenvalue weighted by molar-refractivity contribution is -0.384. The summed E-state index contributed by atoms with van der Waals surface area (Å²) < 4.78 is 22.9. The van der Waals surface area contributed by atoms with Crippen LogP contribution >= 0.6 is 0 Å². The molecular formula is C12H14N2O5S. The van der Waals surface area contributed by atoms with Gasteiger partial charge in [0.2, 0.25) is 0 Å². The quantitative estimate of drug-likeness (QED) is 0.659. The highest BCUT2D eigenvalue weighted by Gasteiger charge is 2.39. The standard InChI is InChI=1S/C12H14N2O5S/c1-12(5-6-20(18,19)8-12)13-11(15)9-3-2-4-10(7-9)14(16)17/h2-4,7H,5-6,8H2,1H3,(H,13,15). The lowest BCUT2D eigenvalue weighted by atomic mass is 10.0. The second-order valence-corrected chi connectivity index (χ2v) is 7.35. The topological polar surface area (TPSA) is 106 Å². The van der Waals surface area contributed by atoms with Crippen molar-refractivity contribution in [1.82, 2.24) is 5.32 Å². The van der Waals surface area contributed by atoms with E-state index in [2.05, 4.69) is 5.32 Å². The molecule has 20 heavy (non-hydrogen) atoms. The number of non-ortho nitro benzene ring substituents is 1. The van der Waals surface area contributed by atoms with Crippen molar-refractivity contribution >= 4 is 21.4 Å². The summed E-state index contributed by atoms with van der Waals surface area (Å²) >= 11 is 0. The van der Waals surface area contributed by atoms with E-state index >= 15 is 0 Å². The predicted octanol–water partition coefficient (Wildman–Crippen LogP) is 0.902. The number of sulfone groups is 1. The molecule has 0 saturated carbocycles. The Morgan fingerprint density at radius 3 is 2.70 bits per heavy atom. The van der Waals surface area contributed by atoms with Crippen molar-refractivity contribution in [2.45, 2.75) is 18.9 Å². The van der Waals surface area contributed by atoms with Crippen LogP contribution in [0.15, 0.2) is 24.3 Å². The van der Waals surface area contributed by atoms with E-state index in [0.29, 0.717) is 6.42 Å². The fourth-order valence-corrected chi connectivity index (χ4v) is 4.31. The summed E-state index contributed by atoms with van der Waals surface area (Å²) in [5.41, 5.74) is -0.854. The summed E-state index contributed by atoms with van der Waals surface area (Å²) in [5, 5.41) is 13.3. The maximum atomic E-state index is 12.1. The Kier molecular flexibility index (Phi) is 3.51. The van der Waals surface area contributed by atoms with Crippen LogP contribution in [-0.2, 0) is 9.84 Å². The molecule has 1 unspecified atom stereocenters. The van der Waals surface area contributed by atoms with Crippen molar-refractivity contribution < 1.29 is 18.1 Å². The number of nitro groups is 1. The van der Waals surface area contributed by atoms with Crippen LogP contribution in [-0.4, -0.2) is 36.3 Å². The van der Waals surface area contributed by atoms with Crippen LogP contribution in [0.25, 0.3) is 0 Å². The van der Waals surface area contributed by atoms with Gasteiger partial charge in [-0.25, -0.2) is 8.42 Å². The van der Waals surface area contributed by atoms with E-state index in [-0.39, 0.29) is 22.8 Å². The zero-order chi connectivity index (χ0) is 15.0. The number of carbonyl (C=O) groups is 1. The van der Waals surface area contributed by atoms with Crippen LogP contribution in [0.3, 0.4) is 0 Å². The van der Waals surface area contributed by atoms with E-state index < -0.39 is 26.2 Å². The summed E-state index contributed by atoms with van der Waals surface area (Å²) in [6, 6.07) is 5.33. The molecule has 0 bridgehead atoms. The van der Waals surface area contributed by atoms with Crippen LogP contribution in [0.5, 0.6) is 0 Å². The van der Waals surface area contributed by atoms with Gasteiger partial charge in [-0.1, -0.05) is 6.07 Å². The predicted molar refractivity (Wildman–Crippen MR) is 72.2 cm³/mol. The molecule has 0 radical (unpaired) electrons. The third-order valence-corrected chi connectivity index (χ3v) is 5.14. The third-order valence-electron chi connectivity index (χ3n) is 3.24. The molecule has 1 aliphatic rings. The third kappa shape index (κ3) is 3.13. The summed E-state index contributed by atoms with van der Waals surface area (Å²) in [7, 11) is -3.13. The zero-order valence-electron chi connectivity index (χ0n) is 10.8. The van der Waals surface area contributed by atoms with E-state index in [0.717, 1.165) is 0 Å². The fraction of sp³-hybridized carbons (Fsp3) is 0.417. The number of nitrogens with zero attached hydrogens (tertiary/aromatic N) is 1. The summed E-state index contributed by atoms with van der Waals surface area (Å²) in [6.07, 6.45) is 0.343. The van der Waals surface area contributed by atoms with Gasteiger partial charge < -0.3 is 5.32 Å². The van der Waals surface area contributed by atoms with E-state index in [9.17, 15) is 23.3 Å². The Balaban J connectivity index is 2.17. The summed E-state index contributed by atoms with van der Waals surface area (Å²) in [5.74, 6) is -0.576. The molecule has 8 heteroatoms. The largest absolute Gasteiger partial charge is 0.346 e. The molecule has 7 nitrogen and oxygen atoms in total. The maximum absolute atomic E-state index is 12.1. The molecule has 1 atom stereocenters. The van der Waals surface area contributed by atoms with Gasteiger partial charge in [0, 0.05) is 17.7 Å². The summed E-state index contributed by atoms with van der Waals surface area (Å²) in [6.45, 7) is 1.66. The van der Waals surface area contributed by atoms with Crippen LogP contribution in [0.4, 0.5) is 5.69 Å². The Bertz CT molecular complexity index is 670. The minimum Gasteiger partial charge on any atom is -0.346 e. The van der Waals surface area contributed by atoms with E-state index in [1.165, 1.54) is 24.3 Å². The van der Waals surface area contributed by atoms with Gasteiger partial charge in [-0.2, -0.15) is 0 Å². The Hall–Kier alpha value is -1.96. The highest BCUT2D eigenvalue weighted by atomic mass is 32.2. The van der Waals surface area contributed by atoms with Gasteiger partial charge in [0.15, 0.2) is 9.84 Å². The molecule has 1 fully saturated rings. The molecule has 1 N–H and O–H groups in total. The van der Waals surface area contributed by atoms with Crippen molar-refractivity contribution in [1.29, 1.82) is 0 Å². The molecule has 2 rings (SSSR count). The van der Waals surface area contributed by atoms with Crippen molar-refractivity contribution in [3.63, 3.8) is 0 Å². The Morgan fingerprint density at radius 1 is 1.45 bits per heavy atom. The first-order valence-corrected chi connectivity index (χ1v) is 7.80. The molecule has 0 aliphatic carbocycles. The monoisotopic (exact) mass is 298 g/mol. The molecule has 108 valence electrons. The molecule has 1 heterocycles. The number of nitro benzene ring substituents is 1. The van der Waals surface area contributed by atoms with Crippen molar-refractivity contribution in [3.8, 4) is 0 Å².